The van der Waals surface area contributed by atoms with Crippen LogP contribution in [0.5, 0.6) is 0 Å². The summed E-state index contributed by atoms with van der Waals surface area (Å²) < 4.78 is 5.46. The second kappa shape index (κ2) is 11.6. The Hall–Kier alpha value is -2.00. The first-order chi connectivity index (χ1) is 14.9. The van der Waals surface area contributed by atoms with Crippen molar-refractivity contribution in [2.24, 2.45) is 0 Å². The number of pyridine rings is 1. The summed E-state index contributed by atoms with van der Waals surface area (Å²) in [5, 5.41) is 5.14. The summed E-state index contributed by atoms with van der Waals surface area (Å²) in [5.74, 6) is 0. The minimum absolute atomic E-state index is 0.0527. The number of benzene rings is 1. The number of morpholine rings is 1. The average Bonchev–Trinajstić information content (AvgIpc) is 2.75. The van der Waals surface area contributed by atoms with Crippen LogP contribution in [0, 0.1) is 6.92 Å². The van der Waals surface area contributed by atoms with Gasteiger partial charge < -0.3 is 24.8 Å². The van der Waals surface area contributed by atoms with E-state index in [2.05, 4.69) is 52.1 Å². The Morgan fingerprint density at radius 3 is 2.74 bits per heavy atom. The number of thiocarbonyl (C=S) groups is 1. The molecule has 0 atom stereocenters. The molecule has 0 spiro atoms. The van der Waals surface area contributed by atoms with Crippen LogP contribution < -0.4 is 10.9 Å². The summed E-state index contributed by atoms with van der Waals surface area (Å²) in [6, 6.07) is 8.07. The highest BCUT2D eigenvalue weighted by Gasteiger charge is 2.16. The highest BCUT2D eigenvalue weighted by molar-refractivity contribution is 7.80. The van der Waals surface area contributed by atoms with E-state index < -0.39 is 0 Å². The largest absolute Gasteiger partial charge is 0.379 e. The molecule has 170 valence electrons. The number of aryl methyl sites for hydroxylation is 1. The van der Waals surface area contributed by atoms with E-state index in [0.29, 0.717) is 11.7 Å². The Bertz CT molecular complexity index is 924. The van der Waals surface area contributed by atoms with Crippen LogP contribution in [0.4, 0.5) is 0 Å². The van der Waals surface area contributed by atoms with E-state index >= 15 is 0 Å². The van der Waals surface area contributed by atoms with Crippen molar-refractivity contribution in [3.8, 4) is 0 Å². The second-order valence-electron chi connectivity index (χ2n) is 8.48. The molecule has 1 aromatic carbocycles. The molecule has 1 aliphatic rings. The Morgan fingerprint density at radius 2 is 2.00 bits per heavy atom. The first-order valence-electron chi connectivity index (χ1n) is 11.0. The highest BCUT2D eigenvalue weighted by Crippen LogP contribution is 2.14. The van der Waals surface area contributed by atoms with E-state index in [9.17, 15) is 4.79 Å². The fraction of sp³-hybridized carbons (Fsp3) is 0.565. The van der Waals surface area contributed by atoms with Gasteiger partial charge in [0.25, 0.3) is 5.56 Å². The van der Waals surface area contributed by atoms with Crippen molar-refractivity contribution in [3.05, 3.63) is 45.7 Å². The molecule has 1 aliphatic heterocycles. The number of nitrogens with one attached hydrogen (secondary N) is 2. The van der Waals surface area contributed by atoms with Gasteiger partial charge in [-0.15, -0.1) is 0 Å². The molecule has 3 rings (SSSR count). The van der Waals surface area contributed by atoms with Crippen LogP contribution in [-0.4, -0.2) is 91.4 Å². The summed E-state index contributed by atoms with van der Waals surface area (Å²) in [6.45, 7) is 9.46. The monoisotopic (exact) mass is 445 g/mol. The zero-order valence-corrected chi connectivity index (χ0v) is 19.8. The molecular weight excluding hydrogens is 410 g/mol. The number of hydrogen-bond acceptors (Lipinski definition) is 5. The zero-order chi connectivity index (χ0) is 22.2. The van der Waals surface area contributed by atoms with E-state index in [4.69, 9.17) is 17.0 Å². The van der Waals surface area contributed by atoms with E-state index in [1.165, 1.54) is 5.56 Å². The number of aromatic nitrogens is 1. The first-order valence-corrected chi connectivity index (χ1v) is 11.4. The van der Waals surface area contributed by atoms with Gasteiger partial charge in [-0.3, -0.25) is 9.69 Å². The highest BCUT2D eigenvalue weighted by atomic mass is 32.1. The van der Waals surface area contributed by atoms with E-state index in [0.717, 1.165) is 75.4 Å². The van der Waals surface area contributed by atoms with Gasteiger partial charge in [-0.25, -0.2) is 0 Å². The third kappa shape index (κ3) is 7.28. The minimum atomic E-state index is -0.0527. The van der Waals surface area contributed by atoms with E-state index in [1.807, 2.05) is 18.2 Å². The van der Waals surface area contributed by atoms with Crippen molar-refractivity contribution in [1.82, 2.24) is 25.0 Å². The predicted octanol–water partition coefficient (Wildman–Crippen LogP) is 1.80. The average molecular weight is 446 g/mol. The van der Waals surface area contributed by atoms with Crippen LogP contribution in [0.2, 0.25) is 0 Å². The predicted molar refractivity (Wildman–Crippen MR) is 131 cm³/mol. The van der Waals surface area contributed by atoms with Crippen molar-refractivity contribution in [3.63, 3.8) is 0 Å². The standard InChI is InChI=1S/C23H35N5O2S/c1-18-5-6-21-19(15-18)16-20(22(29)25-21)17-28(10-9-27-11-13-30-14-12-27)23(31)24-7-4-8-26(2)3/h5-6,15-16H,4,7-14,17H2,1-3H3,(H,24,31)(H,25,29). The Kier molecular flexibility index (Phi) is 8.83. The molecule has 0 bridgehead atoms. The molecule has 1 aromatic heterocycles. The maximum atomic E-state index is 12.7. The summed E-state index contributed by atoms with van der Waals surface area (Å²) in [6.07, 6.45) is 1.01. The Morgan fingerprint density at radius 1 is 1.23 bits per heavy atom. The van der Waals surface area contributed by atoms with Crippen LogP contribution in [0.15, 0.2) is 29.1 Å². The molecule has 2 N–H and O–H groups in total. The lowest BCUT2D eigenvalue weighted by Gasteiger charge is -2.31. The minimum Gasteiger partial charge on any atom is -0.379 e. The second-order valence-corrected chi connectivity index (χ2v) is 8.87. The normalized spacial score (nSPS) is 14.8. The number of nitrogens with zero attached hydrogens (tertiary/aromatic N) is 3. The molecule has 0 amide bonds. The summed E-state index contributed by atoms with van der Waals surface area (Å²) in [4.78, 5) is 22.4. The summed E-state index contributed by atoms with van der Waals surface area (Å²) >= 11 is 5.73. The molecule has 0 unspecified atom stereocenters. The summed E-state index contributed by atoms with van der Waals surface area (Å²) in [5.41, 5.74) is 2.72. The van der Waals surface area contributed by atoms with Gasteiger partial charge in [0.1, 0.15) is 0 Å². The van der Waals surface area contributed by atoms with Gasteiger partial charge in [0.2, 0.25) is 0 Å². The molecular formula is C23H35N5O2S. The fourth-order valence-corrected chi connectivity index (χ4v) is 3.99. The maximum Gasteiger partial charge on any atom is 0.253 e. The molecule has 8 heteroatoms. The molecule has 7 nitrogen and oxygen atoms in total. The van der Waals surface area contributed by atoms with E-state index in [1.54, 1.807) is 0 Å². The van der Waals surface area contributed by atoms with Crippen LogP contribution >= 0.6 is 12.2 Å². The number of aromatic amines is 1. The number of H-pyrrole nitrogens is 1. The van der Waals surface area contributed by atoms with Crippen molar-refractivity contribution < 1.29 is 4.74 Å². The van der Waals surface area contributed by atoms with Crippen molar-refractivity contribution >= 4 is 28.2 Å². The maximum absolute atomic E-state index is 12.7. The smallest absolute Gasteiger partial charge is 0.253 e. The molecule has 31 heavy (non-hydrogen) atoms. The topological polar surface area (TPSA) is 63.8 Å². The Balaban J connectivity index is 1.71. The summed E-state index contributed by atoms with van der Waals surface area (Å²) in [7, 11) is 4.14. The molecule has 1 saturated heterocycles. The molecule has 0 saturated carbocycles. The molecule has 0 aliphatic carbocycles. The lowest BCUT2D eigenvalue weighted by Crippen LogP contribution is -2.46. The third-order valence-electron chi connectivity index (χ3n) is 5.57. The SMILES string of the molecule is Cc1ccc2[nH]c(=O)c(CN(CCN3CCOCC3)C(=S)NCCCN(C)C)cc2c1. The van der Waals surface area contributed by atoms with Gasteiger partial charge in [0, 0.05) is 43.8 Å². The first kappa shape index (κ1) is 23.7. The molecule has 2 aromatic rings. The number of hydrogen-bond donors (Lipinski definition) is 2. The van der Waals surface area contributed by atoms with Gasteiger partial charge in [0.15, 0.2) is 5.11 Å². The van der Waals surface area contributed by atoms with Crippen LogP contribution in [0.3, 0.4) is 0 Å². The quantitative estimate of drug-likeness (QED) is 0.451. The number of ether oxygens (including phenoxy) is 1. The van der Waals surface area contributed by atoms with Gasteiger partial charge >= 0.3 is 0 Å². The Labute approximate surface area is 190 Å². The van der Waals surface area contributed by atoms with E-state index in [-0.39, 0.29) is 5.56 Å². The van der Waals surface area contributed by atoms with Crippen molar-refractivity contribution in [2.75, 3.05) is 66.6 Å². The number of fused-ring (bicyclic) bond motifs is 1. The van der Waals surface area contributed by atoms with Gasteiger partial charge in [-0.1, -0.05) is 11.6 Å². The lowest BCUT2D eigenvalue weighted by molar-refractivity contribution is 0.0357. The zero-order valence-electron chi connectivity index (χ0n) is 18.9. The van der Waals surface area contributed by atoms with Crippen molar-refractivity contribution in [2.45, 2.75) is 19.9 Å². The molecule has 1 fully saturated rings. The van der Waals surface area contributed by atoms with Crippen LogP contribution in [-0.2, 0) is 11.3 Å². The molecule has 2 heterocycles. The number of rotatable bonds is 9. The van der Waals surface area contributed by atoms with Crippen LogP contribution in [0.25, 0.3) is 10.9 Å². The van der Waals surface area contributed by atoms with Crippen molar-refractivity contribution in [1.29, 1.82) is 0 Å². The molecule has 0 radical (unpaired) electrons. The lowest BCUT2D eigenvalue weighted by atomic mass is 10.1. The van der Waals surface area contributed by atoms with Gasteiger partial charge in [-0.2, -0.15) is 0 Å². The van der Waals surface area contributed by atoms with Gasteiger partial charge in [-0.05, 0) is 69.8 Å². The third-order valence-corrected chi connectivity index (χ3v) is 5.98. The fourth-order valence-electron chi connectivity index (χ4n) is 3.74. The van der Waals surface area contributed by atoms with Crippen LogP contribution in [0.1, 0.15) is 17.5 Å². The van der Waals surface area contributed by atoms with Gasteiger partial charge in [0.05, 0.1) is 19.8 Å².